The van der Waals surface area contributed by atoms with Gasteiger partial charge in [-0.1, -0.05) is 17.3 Å². The molecule has 7 heteroatoms. The van der Waals surface area contributed by atoms with E-state index in [-0.39, 0.29) is 11.9 Å². The van der Waals surface area contributed by atoms with Crippen LogP contribution in [-0.2, 0) is 11.2 Å². The predicted octanol–water partition coefficient (Wildman–Crippen LogP) is 3.72. The summed E-state index contributed by atoms with van der Waals surface area (Å²) in [6.45, 7) is 6.54. The molecule has 1 saturated heterocycles. The molecule has 0 radical (unpaired) electrons. The molecule has 1 aromatic heterocycles. The van der Waals surface area contributed by atoms with Crippen molar-refractivity contribution >= 4 is 11.6 Å². The van der Waals surface area contributed by atoms with E-state index in [0.29, 0.717) is 31.1 Å². The average Bonchev–Trinajstić information content (AvgIpc) is 3.26. The third kappa shape index (κ3) is 4.87. The van der Waals surface area contributed by atoms with Crippen LogP contribution < -0.4 is 9.64 Å². The van der Waals surface area contributed by atoms with Gasteiger partial charge in [-0.05, 0) is 55.8 Å². The van der Waals surface area contributed by atoms with Gasteiger partial charge in [-0.15, -0.1) is 0 Å². The number of piperazine rings is 1. The van der Waals surface area contributed by atoms with Crippen LogP contribution in [-0.4, -0.2) is 53.7 Å². The molecule has 1 fully saturated rings. The van der Waals surface area contributed by atoms with Gasteiger partial charge in [-0.3, -0.25) is 4.79 Å². The summed E-state index contributed by atoms with van der Waals surface area (Å²) in [5, 5.41) is 4.04. The molecule has 0 saturated carbocycles. The number of aryl methyl sites for hydroxylation is 2. The SMILES string of the molecule is COc1ccc(-c2noc(CCC(=O)N3CCN(c4cccc(C)c4)C(C)C3)n2)cc1. The quantitative estimate of drug-likeness (QED) is 0.605. The van der Waals surface area contributed by atoms with E-state index >= 15 is 0 Å². The number of anilines is 1. The van der Waals surface area contributed by atoms with Crippen LogP contribution in [0.25, 0.3) is 11.4 Å². The maximum absolute atomic E-state index is 12.8. The predicted molar refractivity (Wildman–Crippen MR) is 119 cm³/mol. The summed E-state index contributed by atoms with van der Waals surface area (Å²) in [7, 11) is 1.63. The summed E-state index contributed by atoms with van der Waals surface area (Å²) in [4.78, 5) is 21.5. The summed E-state index contributed by atoms with van der Waals surface area (Å²) in [5.41, 5.74) is 3.32. The number of ether oxygens (including phenoxy) is 1. The molecular weight excluding hydrogens is 392 g/mol. The van der Waals surface area contributed by atoms with E-state index in [0.717, 1.165) is 24.4 Å². The maximum Gasteiger partial charge on any atom is 0.227 e. The Morgan fingerprint density at radius 1 is 1.19 bits per heavy atom. The molecule has 0 spiro atoms. The van der Waals surface area contributed by atoms with Gasteiger partial charge in [-0.2, -0.15) is 4.98 Å². The molecule has 4 rings (SSSR count). The van der Waals surface area contributed by atoms with Gasteiger partial charge in [-0.25, -0.2) is 0 Å². The summed E-state index contributed by atoms with van der Waals surface area (Å²) in [5.74, 6) is 1.89. The third-order valence-electron chi connectivity index (χ3n) is 5.68. The van der Waals surface area contributed by atoms with E-state index in [1.165, 1.54) is 11.3 Å². The van der Waals surface area contributed by atoms with Crippen LogP contribution in [0, 0.1) is 6.92 Å². The number of aromatic nitrogens is 2. The van der Waals surface area contributed by atoms with Gasteiger partial charge in [0.2, 0.25) is 17.6 Å². The first kappa shape index (κ1) is 20.9. The maximum atomic E-state index is 12.8. The molecule has 0 N–H and O–H groups in total. The number of amides is 1. The smallest absolute Gasteiger partial charge is 0.227 e. The highest BCUT2D eigenvalue weighted by molar-refractivity contribution is 5.76. The highest BCUT2D eigenvalue weighted by Crippen LogP contribution is 2.23. The minimum Gasteiger partial charge on any atom is -0.497 e. The van der Waals surface area contributed by atoms with E-state index < -0.39 is 0 Å². The van der Waals surface area contributed by atoms with E-state index in [2.05, 4.69) is 53.2 Å². The zero-order chi connectivity index (χ0) is 21.8. The molecule has 162 valence electrons. The molecule has 7 nitrogen and oxygen atoms in total. The summed E-state index contributed by atoms with van der Waals surface area (Å²) < 4.78 is 10.5. The third-order valence-corrected chi connectivity index (χ3v) is 5.68. The Balaban J connectivity index is 1.31. The molecule has 3 aromatic rings. The van der Waals surface area contributed by atoms with Gasteiger partial charge in [0.05, 0.1) is 7.11 Å². The lowest BCUT2D eigenvalue weighted by Gasteiger charge is -2.41. The van der Waals surface area contributed by atoms with Crippen molar-refractivity contribution in [3.05, 3.63) is 60.0 Å². The first-order valence-corrected chi connectivity index (χ1v) is 10.6. The zero-order valence-electron chi connectivity index (χ0n) is 18.2. The number of hydrogen-bond donors (Lipinski definition) is 0. The van der Waals surface area contributed by atoms with Crippen molar-refractivity contribution in [1.29, 1.82) is 0 Å². The van der Waals surface area contributed by atoms with Crippen molar-refractivity contribution in [3.8, 4) is 17.1 Å². The van der Waals surface area contributed by atoms with Crippen LogP contribution in [0.4, 0.5) is 5.69 Å². The van der Waals surface area contributed by atoms with Crippen LogP contribution in [0.3, 0.4) is 0 Å². The Bertz CT molecular complexity index is 1030. The molecule has 1 atom stereocenters. The largest absolute Gasteiger partial charge is 0.497 e. The van der Waals surface area contributed by atoms with Gasteiger partial charge in [0.15, 0.2) is 0 Å². The molecule has 2 aromatic carbocycles. The highest BCUT2D eigenvalue weighted by Gasteiger charge is 2.27. The Labute approximate surface area is 182 Å². The van der Waals surface area contributed by atoms with Gasteiger partial charge in [0.1, 0.15) is 5.75 Å². The average molecular weight is 421 g/mol. The topological polar surface area (TPSA) is 71.7 Å². The summed E-state index contributed by atoms with van der Waals surface area (Å²) >= 11 is 0. The fourth-order valence-electron chi connectivity index (χ4n) is 3.96. The fraction of sp³-hybridized carbons (Fsp3) is 0.375. The van der Waals surface area contributed by atoms with E-state index in [9.17, 15) is 4.79 Å². The normalized spacial score (nSPS) is 16.4. The number of hydrogen-bond acceptors (Lipinski definition) is 6. The molecule has 0 bridgehead atoms. The first-order chi connectivity index (χ1) is 15.0. The Hall–Kier alpha value is -3.35. The number of carbonyl (C=O) groups is 1. The zero-order valence-corrected chi connectivity index (χ0v) is 18.2. The number of methoxy groups -OCH3 is 1. The minimum absolute atomic E-state index is 0.125. The van der Waals surface area contributed by atoms with Crippen LogP contribution in [0.1, 0.15) is 24.8 Å². The van der Waals surface area contributed by atoms with Crippen molar-refractivity contribution in [1.82, 2.24) is 15.0 Å². The molecule has 0 aliphatic carbocycles. The van der Waals surface area contributed by atoms with Crippen molar-refractivity contribution in [2.24, 2.45) is 0 Å². The lowest BCUT2D eigenvalue weighted by Crippen LogP contribution is -2.53. The van der Waals surface area contributed by atoms with E-state index in [1.807, 2.05) is 29.2 Å². The molecule has 2 heterocycles. The van der Waals surface area contributed by atoms with Gasteiger partial charge < -0.3 is 19.1 Å². The molecule has 1 amide bonds. The first-order valence-electron chi connectivity index (χ1n) is 10.6. The second-order valence-electron chi connectivity index (χ2n) is 7.96. The Morgan fingerprint density at radius 3 is 2.71 bits per heavy atom. The molecule has 1 aliphatic rings. The van der Waals surface area contributed by atoms with E-state index in [4.69, 9.17) is 9.26 Å². The number of carbonyl (C=O) groups excluding carboxylic acids is 1. The molecule has 31 heavy (non-hydrogen) atoms. The van der Waals surface area contributed by atoms with Gasteiger partial charge in [0, 0.05) is 49.8 Å². The second-order valence-corrected chi connectivity index (χ2v) is 7.96. The minimum atomic E-state index is 0.125. The van der Waals surface area contributed by atoms with Crippen LogP contribution in [0.15, 0.2) is 53.1 Å². The van der Waals surface area contributed by atoms with Crippen molar-refractivity contribution in [2.45, 2.75) is 32.7 Å². The molecule has 1 unspecified atom stereocenters. The monoisotopic (exact) mass is 420 g/mol. The number of rotatable bonds is 6. The van der Waals surface area contributed by atoms with Crippen molar-refractivity contribution in [2.75, 3.05) is 31.6 Å². The highest BCUT2D eigenvalue weighted by atomic mass is 16.5. The second kappa shape index (κ2) is 9.20. The lowest BCUT2D eigenvalue weighted by atomic mass is 10.1. The summed E-state index contributed by atoms with van der Waals surface area (Å²) in [6, 6.07) is 16.3. The van der Waals surface area contributed by atoms with E-state index in [1.54, 1.807) is 7.11 Å². The fourth-order valence-corrected chi connectivity index (χ4v) is 3.96. The number of nitrogens with zero attached hydrogens (tertiary/aromatic N) is 4. The van der Waals surface area contributed by atoms with Gasteiger partial charge >= 0.3 is 0 Å². The van der Waals surface area contributed by atoms with Crippen molar-refractivity contribution < 1.29 is 14.1 Å². The van der Waals surface area contributed by atoms with Crippen LogP contribution in [0.5, 0.6) is 5.75 Å². The van der Waals surface area contributed by atoms with Gasteiger partial charge in [0.25, 0.3) is 0 Å². The van der Waals surface area contributed by atoms with Crippen LogP contribution >= 0.6 is 0 Å². The summed E-state index contributed by atoms with van der Waals surface area (Å²) in [6.07, 6.45) is 0.801. The van der Waals surface area contributed by atoms with Crippen LogP contribution in [0.2, 0.25) is 0 Å². The standard InChI is InChI=1S/C24H28N4O3/c1-17-5-4-6-20(15-17)28-14-13-27(16-18(28)2)23(29)12-11-22-25-24(26-31-22)19-7-9-21(30-3)10-8-19/h4-10,15,18H,11-14,16H2,1-3H3. The van der Waals surface area contributed by atoms with Crippen molar-refractivity contribution in [3.63, 3.8) is 0 Å². The molecule has 1 aliphatic heterocycles. The Morgan fingerprint density at radius 2 is 2.00 bits per heavy atom. The Kier molecular flexibility index (Phi) is 6.21. The lowest BCUT2D eigenvalue weighted by molar-refractivity contribution is -0.132. The molecular formula is C24H28N4O3. The number of benzene rings is 2.